The van der Waals surface area contributed by atoms with Gasteiger partial charge in [0.05, 0.1) is 35.9 Å². The second kappa shape index (κ2) is 11.7. The van der Waals surface area contributed by atoms with Crippen LogP contribution >= 0.6 is 11.6 Å². The Balaban J connectivity index is 1.41. The molecule has 3 heterocycles. The normalized spacial score (nSPS) is 19.6. The van der Waals surface area contributed by atoms with Crippen LogP contribution in [0.4, 0.5) is 16.2 Å². The molecule has 13 nitrogen and oxygen atoms in total. The summed E-state index contributed by atoms with van der Waals surface area (Å²) in [6.07, 6.45) is 5.65. The van der Waals surface area contributed by atoms with Crippen molar-refractivity contribution in [3.8, 4) is 11.5 Å². The van der Waals surface area contributed by atoms with Crippen molar-refractivity contribution in [1.29, 1.82) is 0 Å². The first-order chi connectivity index (χ1) is 21.6. The molecule has 0 bridgehead atoms. The van der Waals surface area contributed by atoms with Crippen LogP contribution in [0.3, 0.4) is 0 Å². The number of nitro benzene ring substituents is 1. The molecule has 1 amide bonds. The van der Waals surface area contributed by atoms with Gasteiger partial charge in [0.15, 0.2) is 11.5 Å². The van der Waals surface area contributed by atoms with Gasteiger partial charge in [-0.25, -0.2) is 9.59 Å². The lowest BCUT2D eigenvalue weighted by atomic mass is 9.95. The lowest BCUT2D eigenvalue weighted by Gasteiger charge is -2.21. The summed E-state index contributed by atoms with van der Waals surface area (Å²) >= 11 is 6.43. The number of benzene rings is 2. The number of esters is 1. The van der Waals surface area contributed by atoms with Gasteiger partial charge in [0.1, 0.15) is 17.6 Å². The molecule has 3 atom stereocenters. The Labute approximate surface area is 260 Å². The number of ether oxygens (including phenoxy) is 5. The zero-order valence-corrected chi connectivity index (χ0v) is 25.0. The number of hydrogen-bond acceptors (Lipinski definition) is 10. The average Bonchev–Trinajstić information content (AvgIpc) is 3.73. The fraction of sp³-hybridized carbons (Fsp3) is 0.258. The molecule has 0 radical (unpaired) electrons. The molecule has 45 heavy (non-hydrogen) atoms. The highest BCUT2D eigenvalue weighted by atomic mass is 35.5. The van der Waals surface area contributed by atoms with Crippen molar-refractivity contribution in [2.45, 2.75) is 18.9 Å². The summed E-state index contributed by atoms with van der Waals surface area (Å²) in [4.78, 5) is 54.8. The van der Waals surface area contributed by atoms with Crippen LogP contribution in [0.5, 0.6) is 11.5 Å². The van der Waals surface area contributed by atoms with E-state index in [0.29, 0.717) is 33.6 Å². The Morgan fingerprint density at radius 2 is 1.91 bits per heavy atom. The first-order valence-corrected chi connectivity index (χ1v) is 14.3. The van der Waals surface area contributed by atoms with Gasteiger partial charge in [-0.05, 0) is 48.9 Å². The van der Waals surface area contributed by atoms with Crippen LogP contribution in [0.25, 0.3) is 10.9 Å². The van der Waals surface area contributed by atoms with Gasteiger partial charge in [0.2, 0.25) is 0 Å². The SMILES string of the molecule is COC(=O)c1c(C)[nH]c2c(OC(=O)Oc3ccc([N+](=O)[O-])cc3)cc3c(c12)C(CCl)CN3C(=O)C1=CC2C=C(OC)C=CC2O1. The minimum absolute atomic E-state index is 0.00597. The van der Waals surface area contributed by atoms with E-state index in [1.807, 2.05) is 12.2 Å². The summed E-state index contributed by atoms with van der Waals surface area (Å²) in [7, 11) is 2.81. The smallest absolute Gasteiger partial charge is 0.497 e. The maximum absolute atomic E-state index is 14.0. The van der Waals surface area contributed by atoms with Crippen molar-refractivity contribution in [2.24, 2.45) is 5.92 Å². The van der Waals surface area contributed by atoms with Crippen molar-refractivity contribution >= 4 is 51.9 Å². The largest absolute Gasteiger partial charge is 0.519 e. The number of nitro groups is 1. The average molecular weight is 636 g/mol. The number of aromatic amines is 1. The number of H-pyrrole nitrogens is 1. The summed E-state index contributed by atoms with van der Waals surface area (Å²) in [5.74, 6) is -0.802. The van der Waals surface area contributed by atoms with E-state index < -0.39 is 28.9 Å². The number of fused-ring (bicyclic) bond motifs is 4. The van der Waals surface area contributed by atoms with Crippen molar-refractivity contribution < 1.29 is 43.0 Å². The van der Waals surface area contributed by atoms with Crippen LogP contribution in [0, 0.1) is 23.0 Å². The van der Waals surface area contributed by atoms with Gasteiger partial charge in [0, 0.05) is 53.5 Å². The van der Waals surface area contributed by atoms with E-state index in [0.717, 1.165) is 0 Å². The molecule has 0 fully saturated rings. The predicted molar refractivity (Wildman–Crippen MR) is 161 cm³/mol. The van der Waals surface area contributed by atoms with Crippen LogP contribution in [0.2, 0.25) is 0 Å². The number of nitrogens with one attached hydrogen (secondary N) is 1. The molecule has 1 aromatic heterocycles. The van der Waals surface area contributed by atoms with Crippen LogP contribution in [-0.4, -0.2) is 60.7 Å². The number of non-ortho nitro benzene ring substituents is 1. The van der Waals surface area contributed by atoms with Crippen LogP contribution in [0.15, 0.2) is 66.2 Å². The molecule has 0 saturated carbocycles. The third-order valence-electron chi connectivity index (χ3n) is 7.85. The van der Waals surface area contributed by atoms with E-state index in [4.69, 9.17) is 35.3 Å². The third-order valence-corrected chi connectivity index (χ3v) is 8.22. The lowest BCUT2D eigenvalue weighted by Crippen LogP contribution is -2.32. The molecular weight excluding hydrogens is 610 g/mol. The van der Waals surface area contributed by atoms with E-state index in [-0.39, 0.29) is 53.0 Å². The third kappa shape index (κ3) is 5.24. The molecule has 3 aromatic rings. The molecule has 232 valence electrons. The Kier molecular flexibility index (Phi) is 7.71. The number of alkyl halides is 1. The summed E-state index contributed by atoms with van der Waals surface area (Å²) in [5, 5.41) is 11.4. The number of aromatic nitrogens is 1. The maximum Gasteiger partial charge on any atom is 0.519 e. The van der Waals surface area contributed by atoms with Crippen molar-refractivity contribution in [2.75, 3.05) is 31.5 Å². The Bertz CT molecular complexity index is 1840. The number of nitrogens with zero attached hydrogens (tertiary/aromatic N) is 2. The van der Waals surface area contributed by atoms with Gasteiger partial charge >= 0.3 is 12.1 Å². The fourth-order valence-corrected chi connectivity index (χ4v) is 6.05. The van der Waals surface area contributed by atoms with E-state index in [1.54, 1.807) is 26.2 Å². The van der Waals surface area contributed by atoms with Crippen molar-refractivity contribution in [1.82, 2.24) is 4.98 Å². The Morgan fingerprint density at radius 3 is 2.58 bits per heavy atom. The van der Waals surface area contributed by atoms with E-state index in [2.05, 4.69) is 4.98 Å². The highest BCUT2D eigenvalue weighted by molar-refractivity contribution is 6.20. The zero-order chi connectivity index (χ0) is 32.0. The number of carbonyl (C=O) groups excluding carboxylic acids is 3. The standard InChI is InChI=1S/C31H26ClN3O10/c1-15-25(30(37)42-3)27-26-17(13-32)14-34(29(36)24-11-16-10-20(41-2)8-9-22(16)44-24)21(26)12-23(28(27)33-15)45-31(38)43-19-6-4-18(5-7-19)35(39)40/h4-12,16-17,22,33H,13-14H2,1-3H3. The van der Waals surface area contributed by atoms with E-state index in [1.165, 1.54) is 42.3 Å². The molecule has 1 N–H and O–H groups in total. The number of halogens is 1. The maximum atomic E-state index is 14.0. The summed E-state index contributed by atoms with van der Waals surface area (Å²) < 4.78 is 27.2. The highest BCUT2D eigenvalue weighted by Gasteiger charge is 2.41. The van der Waals surface area contributed by atoms with Gasteiger partial charge in [0.25, 0.3) is 11.6 Å². The highest BCUT2D eigenvalue weighted by Crippen LogP contribution is 2.48. The quantitative estimate of drug-likeness (QED) is 0.117. The Morgan fingerprint density at radius 1 is 1.16 bits per heavy atom. The van der Waals surface area contributed by atoms with E-state index in [9.17, 15) is 24.5 Å². The van der Waals surface area contributed by atoms with Crippen molar-refractivity contribution in [3.05, 3.63) is 93.1 Å². The number of rotatable bonds is 7. The van der Waals surface area contributed by atoms with Gasteiger partial charge in [-0.15, -0.1) is 11.6 Å². The van der Waals surface area contributed by atoms with Gasteiger partial charge < -0.3 is 33.6 Å². The van der Waals surface area contributed by atoms with Gasteiger partial charge in [-0.2, -0.15) is 0 Å². The summed E-state index contributed by atoms with van der Waals surface area (Å²) in [5.41, 5.74) is 1.72. The molecule has 3 aliphatic rings. The number of amides is 1. The predicted octanol–water partition coefficient (Wildman–Crippen LogP) is 5.42. The molecule has 2 aromatic carbocycles. The van der Waals surface area contributed by atoms with Crippen LogP contribution in [0.1, 0.15) is 27.5 Å². The minimum Gasteiger partial charge on any atom is -0.497 e. The molecule has 6 rings (SSSR count). The number of methoxy groups -OCH3 is 2. The number of aryl methyl sites for hydroxylation is 1. The number of carbonyl (C=O) groups is 3. The summed E-state index contributed by atoms with van der Waals surface area (Å²) in [6.45, 7) is 1.83. The number of hydrogen-bond donors (Lipinski definition) is 1. The Hall–Kier alpha value is -5.30. The molecule has 3 unspecified atom stereocenters. The van der Waals surface area contributed by atoms with Gasteiger partial charge in [-0.3, -0.25) is 14.9 Å². The second-order valence-electron chi connectivity index (χ2n) is 10.5. The van der Waals surface area contributed by atoms with E-state index >= 15 is 0 Å². The van der Waals surface area contributed by atoms with Crippen molar-refractivity contribution in [3.63, 3.8) is 0 Å². The molecular formula is C31H26ClN3O10. The summed E-state index contributed by atoms with van der Waals surface area (Å²) in [6, 6.07) is 6.37. The second-order valence-corrected chi connectivity index (χ2v) is 10.8. The molecule has 0 spiro atoms. The monoisotopic (exact) mass is 635 g/mol. The molecule has 1 aliphatic carbocycles. The molecule has 2 aliphatic heterocycles. The number of anilines is 1. The lowest BCUT2D eigenvalue weighted by molar-refractivity contribution is -0.384. The van der Waals surface area contributed by atoms with Crippen LogP contribution < -0.4 is 14.4 Å². The topological polar surface area (TPSA) is 160 Å². The molecule has 0 saturated heterocycles. The van der Waals surface area contributed by atoms with Gasteiger partial charge in [-0.1, -0.05) is 0 Å². The minimum atomic E-state index is -1.15. The first kappa shape index (κ1) is 29.8. The fourth-order valence-electron chi connectivity index (χ4n) is 5.80. The number of allylic oxidation sites excluding steroid dienone is 1. The first-order valence-electron chi connectivity index (χ1n) is 13.7. The zero-order valence-electron chi connectivity index (χ0n) is 24.2. The van der Waals surface area contributed by atoms with Crippen LogP contribution in [-0.2, 0) is 19.0 Å². The molecule has 14 heteroatoms.